The predicted molar refractivity (Wildman–Crippen MR) is 84.7 cm³/mol. The third kappa shape index (κ3) is 2.40. The van der Waals surface area contributed by atoms with Crippen LogP contribution in [0.25, 0.3) is 0 Å². The third-order valence-electron chi connectivity index (χ3n) is 5.63. The minimum Gasteiger partial charge on any atom is -0.328 e. The monoisotopic (exact) mass is 272 g/mol. The molecule has 20 heavy (non-hydrogen) atoms. The average molecular weight is 272 g/mol. The first-order valence-corrected chi connectivity index (χ1v) is 8.26. The van der Waals surface area contributed by atoms with Gasteiger partial charge in [0.2, 0.25) is 0 Å². The SMILES string of the molecule is CN(CC1CCCC1)C1(CN)CCCc2ccccc21. The molecule has 2 aliphatic rings. The summed E-state index contributed by atoms with van der Waals surface area (Å²) in [5, 5.41) is 0. The molecule has 1 fully saturated rings. The molecule has 2 aliphatic carbocycles. The van der Waals surface area contributed by atoms with Crippen molar-refractivity contribution in [1.29, 1.82) is 0 Å². The Balaban J connectivity index is 1.87. The van der Waals surface area contributed by atoms with Crippen molar-refractivity contribution in [1.82, 2.24) is 4.90 Å². The predicted octanol–water partition coefficient (Wildman–Crippen LogP) is 3.30. The van der Waals surface area contributed by atoms with Crippen LogP contribution in [-0.2, 0) is 12.0 Å². The normalized spacial score (nSPS) is 26.9. The van der Waals surface area contributed by atoms with Gasteiger partial charge in [0.1, 0.15) is 0 Å². The molecule has 0 aliphatic heterocycles. The zero-order valence-electron chi connectivity index (χ0n) is 12.8. The summed E-state index contributed by atoms with van der Waals surface area (Å²) in [5.41, 5.74) is 9.38. The van der Waals surface area contributed by atoms with E-state index in [0.717, 1.165) is 12.5 Å². The maximum Gasteiger partial charge on any atom is 0.0584 e. The highest BCUT2D eigenvalue weighted by atomic mass is 15.2. The first-order chi connectivity index (χ1) is 9.76. The highest BCUT2D eigenvalue weighted by molar-refractivity contribution is 5.36. The molecule has 1 saturated carbocycles. The van der Waals surface area contributed by atoms with Crippen LogP contribution in [0.4, 0.5) is 0 Å². The minimum atomic E-state index is 0.0808. The zero-order chi connectivity index (χ0) is 14.0. The van der Waals surface area contributed by atoms with Crippen molar-refractivity contribution in [2.45, 2.75) is 50.5 Å². The Hall–Kier alpha value is -0.860. The number of nitrogens with zero attached hydrogens (tertiary/aromatic N) is 1. The van der Waals surface area contributed by atoms with Crippen molar-refractivity contribution in [3.8, 4) is 0 Å². The lowest BCUT2D eigenvalue weighted by molar-refractivity contribution is 0.0862. The van der Waals surface area contributed by atoms with Gasteiger partial charge >= 0.3 is 0 Å². The Morgan fingerprint density at radius 1 is 1.20 bits per heavy atom. The maximum atomic E-state index is 6.29. The quantitative estimate of drug-likeness (QED) is 0.911. The highest BCUT2D eigenvalue weighted by Gasteiger charge is 2.39. The number of nitrogens with two attached hydrogens (primary N) is 1. The van der Waals surface area contributed by atoms with Gasteiger partial charge in [0, 0.05) is 13.1 Å². The molecule has 1 unspecified atom stereocenters. The molecule has 2 nitrogen and oxygen atoms in total. The van der Waals surface area contributed by atoms with Crippen molar-refractivity contribution in [3.63, 3.8) is 0 Å². The second-order valence-corrected chi connectivity index (χ2v) is 6.78. The van der Waals surface area contributed by atoms with Crippen LogP contribution < -0.4 is 5.73 Å². The van der Waals surface area contributed by atoms with Crippen LogP contribution in [0.2, 0.25) is 0 Å². The molecular weight excluding hydrogens is 244 g/mol. The number of aryl methyl sites for hydroxylation is 1. The fraction of sp³-hybridized carbons (Fsp3) is 0.667. The molecule has 0 spiro atoms. The smallest absolute Gasteiger partial charge is 0.0584 e. The highest BCUT2D eigenvalue weighted by Crippen LogP contribution is 2.40. The van der Waals surface area contributed by atoms with Crippen molar-refractivity contribution >= 4 is 0 Å². The van der Waals surface area contributed by atoms with E-state index >= 15 is 0 Å². The standard InChI is InChI=1S/C18H28N2/c1-20(13-15-7-2-3-8-15)18(14-19)12-6-10-16-9-4-5-11-17(16)18/h4-5,9,11,15H,2-3,6-8,10,12-14,19H2,1H3. The van der Waals surface area contributed by atoms with E-state index in [-0.39, 0.29) is 5.54 Å². The number of rotatable bonds is 4. The van der Waals surface area contributed by atoms with Crippen molar-refractivity contribution < 1.29 is 0 Å². The molecule has 1 aromatic carbocycles. The van der Waals surface area contributed by atoms with Crippen LogP contribution >= 0.6 is 0 Å². The first kappa shape index (κ1) is 14.1. The fourth-order valence-corrected chi connectivity index (χ4v) is 4.42. The van der Waals surface area contributed by atoms with Gasteiger partial charge < -0.3 is 5.73 Å². The average Bonchev–Trinajstić information content (AvgIpc) is 2.99. The van der Waals surface area contributed by atoms with Gasteiger partial charge in [-0.05, 0) is 56.2 Å². The summed E-state index contributed by atoms with van der Waals surface area (Å²) in [7, 11) is 2.30. The molecule has 0 amide bonds. The first-order valence-electron chi connectivity index (χ1n) is 8.26. The van der Waals surface area contributed by atoms with E-state index in [9.17, 15) is 0 Å². The van der Waals surface area contributed by atoms with Crippen molar-refractivity contribution in [2.24, 2.45) is 11.7 Å². The molecule has 1 aromatic rings. The van der Waals surface area contributed by atoms with Crippen molar-refractivity contribution in [2.75, 3.05) is 20.1 Å². The molecule has 0 saturated heterocycles. The van der Waals surface area contributed by atoms with E-state index in [1.165, 1.54) is 62.6 Å². The Labute approximate surface area is 123 Å². The molecule has 2 N–H and O–H groups in total. The number of benzene rings is 1. The number of hydrogen-bond acceptors (Lipinski definition) is 2. The number of hydrogen-bond donors (Lipinski definition) is 1. The second kappa shape index (κ2) is 5.87. The Kier molecular flexibility index (Phi) is 4.13. The maximum absolute atomic E-state index is 6.29. The molecule has 0 heterocycles. The molecule has 1 atom stereocenters. The van der Waals surface area contributed by atoms with Crippen LogP contribution in [0.1, 0.15) is 49.7 Å². The molecule has 0 aromatic heterocycles. The van der Waals surface area contributed by atoms with Crippen LogP contribution in [-0.4, -0.2) is 25.0 Å². The van der Waals surface area contributed by atoms with Crippen molar-refractivity contribution in [3.05, 3.63) is 35.4 Å². The van der Waals surface area contributed by atoms with Gasteiger partial charge in [0.15, 0.2) is 0 Å². The topological polar surface area (TPSA) is 29.3 Å². The van der Waals surface area contributed by atoms with E-state index in [1.54, 1.807) is 0 Å². The molecule has 0 radical (unpaired) electrons. The Morgan fingerprint density at radius 2 is 1.95 bits per heavy atom. The molecule has 110 valence electrons. The minimum absolute atomic E-state index is 0.0808. The van der Waals surface area contributed by atoms with Gasteiger partial charge in [-0.1, -0.05) is 37.1 Å². The largest absolute Gasteiger partial charge is 0.328 e. The zero-order valence-corrected chi connectivity index (χ0v) is 12.8. The van der Waals surface area contributed by atoms with Crippen LogP contribution in [0.5, 0.6) is 0 Å². The summed E-state index contributed by atoms with van der Waals surface area (Å²) >= 11 is 0. The summed E-state index contributed by atoms with van der Waals surface area (Å²) in [6.07, 6.45) is 9.36. The Bertz CT molecular complexity index is 450. The van der Waals surface area contributed by atoms with Gasteiger partial charge in [-0.2, -0.15) is 0 Å². The number of likely N-dealkylation sites (N-methyl/N-ethyl adjacent to an activating group) is 1. The van der Waals surface area contributed by atoms with Gasteiger partial charge in [0.05, 0.1) is 5.54 Å². The van der Waals surface area contributed by atoms with E-state index in [0.29, 0.717) is 0 Å². The molecule has 2 heteroatoms. The second-order valence-electron chi connectivity index (χ2n) is 6.78. The summed E-state index contributed by atoms with van der Waals surface area (Å²) in [5.74, 6) is 0.887. The van der Waals surface area contributed by atoms with Crippen LogP contribution in [0, 0.1) is 5.92 Å². The number of fused-ring (bicyclic) bond motifs is 1. The summed E-state index contributed by atoms with van der Waals surface area (Å²) in [6.45, 7) is 1.96. The lowest BCUT2D eigenvalue weighted by Crippen LogP contribution is -2.52. The Morgan fingerprint density at radius 3 is 2.70 bits per heavy atom. The van der Waals surface area contributed by atoms with Gasteiger partial charge in [-0.3, -0.25) is 4.90 Å². The fourth-order valence-electron chi connectivity index (χ4n) is 4.42. The lowest BCUT2D eigenvalue weighted by Gasteiger charge is -2.46. The molecule has 3 rings (SSSR count). The van der Waals surface area contributed by atoms with E-state index in [4.69, 9.17) is 5.73 Å². The summed E-state index contributed by atoms with van der Waals surface area (Å²) in [4.78, 5) is 2.58. The summed E-state index contributed by atoms with van der Waals surface area (Å²) < 4.78 is 0. The van der Waals surface area contributed by atoms with Gasteiger partial charge in [-0.25, -0.2) is 0 Å². The van der Waals surface area contributed by atoms with Crippen LogP contribution in [0.3, 0.4) is 0 Å². The van der Waals surface area contributed by atoms with Gasteiger partial charge in [0.25, 0.3) is 0 Å². The summed E-state index contributed by atoms with van der Waals surface area (Å²) in [6, 6.07) is 8.95. The lowest BCUT2D eigenvalue weighted by atomic mass is 9.75. The van der Waals surface area contributed by atoms with E-state index < -0.39 is 0 Å². The molecule has 0 bridgehead atoms. The van der Waals surface area contributed by atoms with Crippen LogP contribution in [0.15, 0.2) is 24.3 Å². The van der Waals surface area contributed by atoms with E-state index in [1.807, 2.05) is 0 Å². The van der Waals surface area contributed by atoms with Gasteiger partial charge in [-0.15, -0.1) is 0 Å². The third-order valence-corrected chi connectivity index (χ3v) is 5.63. The molecular formula is C18H28N2. The van der Waals surface area contributed by atoms with E-state index in [2.05, 4.69) is 36.2 Å².